The highest BCUT2D eigenvalue weighted by molar-refractivity contribution is 8.00. The van der Waals surface area contributed by atoms with Gasteiger partial charge in [0.1, 0.15) is 5.82 Å². The zero-order chi connectivity index (χ0) is 14.5. The van der Waals surface area contributed by atoms with Crippen molar-refractivity contribution >= 4 is 34.7 Å². The second kappa shape index (κ2) is 6.67. The van der Waals surface area contributed by atoms with Gasteiger partial charge in [0.05, 0.1) is 4.92 Å². The number of nitrogens with one attached hydrogen (secondary N) is 1. The molecule has 0 unspecified atom stereocenters. The fraction of sp³-hybridized carbons (Fsp3) is 0.333. The molecular weight excluding hydrogens is 296 g/mol. The van der Waals surface area contributed by atoms with Crippen LogP contribution in [0.25, 0.3) is 0 Å². The monoisotopic (exact) mass is 310 g/mol. The lowest BCUT2D eigenvalue weighted by Crippen LogP contribution is -2.01. The highest BCUT2D eigenvalue weighted by Gasteiger charge is 2.11. The summed E-state index contributed by atoms with van der Waals surface area (Å²) in [5.41, 5.74) is 1.93. The minimum atomic E-state index is -0.376. The van der Waals surface area contributed by atoms with Crippen molar-refractivity contribution in [3.05, 3.63) is 39.7 Å². The summed E-state index contributed by atoms with van der Waals surface area (Å²) in [5.74, 6) is 1.38. The smallest absolute Gasteiger partial charge is 0.269 e. The second-order valence-electron chi connectivity index (χ2n) is 4.03. The molecule has 2 aromatic rings. The molecule has 0 aliphatic heterocycles. The molecule has 0 atom stereocenters. The fourth-order valence-electron chi connectivity index (χ4n) is 1.65. The van der Waals surface area contributed by atoms with Gasteiger partial charge in [-0.3, -0.25) is 10.1 Å². The maximum absolute atomic E-state index is 10.9. The number of thioether (sulfide) groups is 1. The number of hydrogen-bond acceptors (Lipinski definition) is 7. The molecule has 8 heteroatoms. The van der Waals surface area contributed by atoms with E-state index >= 15 is 0 Å². The lowest BCUT2D eigenvalue weighted by Gasteiger charge is -2.09. The zero-order valence-corrected chi connectivity index (χ0v) is 12.8. The predicted octanol–water partition coefficient (Wildman–Crippen LogP) is 3.48. The van der Waals surface area contributed by atoms with Gasteiger partial charge in [-0.1, -0.05) is 11.8 Å². The number of aryl methyl sites for hydroxylation is 1. The maximum atomic E-state index is 10.9. The van der Waals surface area contributed by atoms with E-state index in [0.717, 1.165) is 28.0 Å². The van der Waals surface area contributed by atoms with Crippen molar-refractivity contribution in [3.63, 3.8) is 0 Å². The summed E-state index contributed by atoms with van der Waals surface area (Å²) in [6, 6.07) is 4.88. The van der Waals surface area contributed by atoms with Gasteiger partial charge in [-0.15, -0.1) is 0 Å². The van der Waals surface area contributed by atoms with E-state index in [9.17, 15) is 10.1 Å². The summed E-state index contributed by atoms with van der Waals surface area (Å²) < 4.78 is 4.99. The van der Waals surface area contributed by atoms with Crippen LogP contribution in [0.3, 0.4) is 0 Å². The number of benzene rings is 1. The van der Waals surface area contributed by atoms with Gasteiger partial charge < -0.3 is 5.32 Å². The molecule has 0 saturated carbocycles. The highest BCUT2D eigenvalue weighted by atomic mass is 32.2. The standard InChI is InChI=1S/C12H14N4O2S2/c1-3-13-11-5-4-10(16(17)18)6-9(11)7-19-12-14-8(2)15-20-12/h4-6,13H,3,7H2,1-2H3. The molecule has 1 heterocycles. The minimum Gasteiger partial charge on any atom is -0.385 e. The van der Waals surface area contributed by atoms with Crippen molar-refractivity contribution in [1.82, 2.24) is 9.36 Å². The number of nitrogens with zero attached hydrogens (tertiary/aromatic N) is 3. The molecule has 0 amide bonds. The molecule has 0 fully saturated rings. The van der Waals surface area contributed by atoms with Gasteiger partial charge in [-0.2, -0.15) is 4.37 Å². The van der Waals surface area contributed by atoms with E-state index in [1.807, 2.05) is 13.8 Å². The lowest BCUT2D eigenvalue weighted by atomic mass is 10.2. The molecular formula is C12H14N4O2S2. The quantitative estimate of drug-likeness (QED) is 0.500. The lowest BCUT2D eigenvalue weighted by molar-refractivity contribution is -0.384. The van der Waals surface area contributed by atoms with Crippen molar-refractivity contribution in [2.24, 2.45) is 0 Å². The van der Waals surface area contributed by atoms with Crippen LogP contribution in [0.2, 0.25) is 0 Å². The maximum Gasteiger partial charge on any atom is 0.269 e. The van der Waals surface area contributed by atoms with Crippen LogP contribution in [0.15, 0.2) is 22.5 Å². The van der Waals surface area contributed by atoms with Crippen molar-refractivity contribution in [3.8, 4) is 0 Å². The number of rotatable bonds is 6. The Balaban J connectivity index is 2.18. The van der Waals surface area contributed by atoms with Gasteiger partial charge in [-0.05, 0) is 37.0 Å². The van der Waals surface area contributed by atoms with Crippen LogP contribution in [0, 0.1) is 17.0 Å². The molecule has 0 radical (unpaired) electrons. The third-order valence-corrected chi connectivity index (χ3v) is 4.50. The first-order valence-electron chi connectivity index (χ1n) is 6.04. The number of non-ortho nitro benzene ring substituents is 1. The Bertz CT molecular complexity index is 615. The average Bonchev–Trinajstić information content (AvgIpc) is 2.83. The van der Waals surface area contributed by atoms with E-state index in [-0.39, 0.29) is 10.6 Å². The van der Waals surface area contributed by atoms with Crippen molar-refractivity contribution in [1.29, 1.82) is 0 Å². The Morgan fingerprint density at radius 3 is 2.90 bits per heavy atom. The number of aromatic nitrogens is 2. The van der Waals surface area contributed by atoms with Crippen LogP contribution < -0.4 is 5.32 Å². The molecule has 20 heavy (non-hydrogen) atoms. The van der Waals surface area contributed by atoms with Crippen LogP contribution in [-0.4, -0.2) is 20.8 Å². The summed E-state index contributed by atoms with van der Waals surface area (Å²) >= 11 is 2.88. The SMILES string of the molecule is CCNc1ccc([N+](=O)[O-])cc1CSc1nc(C)ns1. The van der Waals surface area contributed by atoms with Crippen molar-refractivity contribution in [2.45, 2.75) is 23.9 Å². The normalized spacial score (nSPS) is 10.5. The molecule has 2 rings (SSSR count). The molecule has 0 aliphatic rings. The Labute approximate surface area is 124 Å². The van der Waals surface area contributed by atoms with Gasteiger partial charge >= 0.3 is 0 Å². The predicted molar refractivity (Wildman–Crippen MR) is 81.5 cm³/mol. The summed E-state index contributed by atoms with van der Waals surface area (Å²) in [6.07, 6.45) is 0. The third-order valence-electron chi connectivity index (χ3n) is 2.53. The molecule has 0 bridgehead atoms. The van der Waals surface area contributed by atoms with Gasteiger partial charge in [0, 0.05) is 30.1 Å². The first-order chi connectivity index (χ1) is 9.60. The van der Waals surface area contributed by atoms with Gasteiger partial charge in [-0.25, -0.2) is 4.98 Å². The highest BCUT2D eigenvalue weighted by Crippen LogP contribution is 2.30. The fourth-order valence-corrected chi connectivity index (χ4v) is 3.29. The van der Waals surface area contributed by atoms with Crippen LogP contribution in [0.4, 0.5) is 11.4 Å². The topological polar surface area (TPSA) is 81.0 Å². The van der Waals surface area contributed by atoms with Crippen molar-refractivity contribution < 1.29 is 4.92 Å². The summed E-state index contributed by atoms with van der Waals surface area (Å²) in [4.78, 5) is 14.8. The molecule has 0 aliphatic carbocycles. The Hall–Kier alpha value is -1.67. The van der Waals surface area contributed by atoms with E-state index in [0.29, 0.717) is 5.75 Å². The van der Waals surface area contributed by atoms with E-state index in [2.05, 4.69) is 14.7 Å². The average molecular weight is 310 g/mol. The van der Waals surface area contributed by atoms with Gasteiger partial charge in [0.25, 0.3) is 5.69 Å². The summed E-state index contributed by atoms with van der Waals surface area (Å²) in [5, 5.41) is 14.1. The molecule has 1 aromatic carbocycles. The zero-order valence-electron chi connectivity index (χ0n) is 11.1. The molecule has 0 spiro atoms. The number of hydrogen-bond donors (Lipinski definition) is 1. The largest absolute Gasteiger partial charge is 0.385 e. The van der Waals surface area contributed by atoms with Crippen LogP contribution in [0.1, 0.15) is 18.3 Å². The van der Waals surface area contributed by atoms with Gasteiger partial charge in [0.2, 0.25) is 0 Å². The Kier molecular flexibility index (Phi) is 4.91. The summed E-state index contributed by atoms with van der Waals surface area (Å²) in [6.45, 7) is 4.61. The Morgan fingerprint density at radius 1 is 1.50 bits per heavy atom. The van der Waals surface area contributed by atoms with E-state index in [1.165, 1.54) is 29.4 Å². The molecule has 1 N–H and O–H groups in total. The van der Waals surface area contributed by atoms with Crippen LogP contribution in [-0.2, 0) is 5.75 Å². The van der Waals surface area contributed by atoms with Crippen molar-refractivity contribution in [2.75, 3.05) is 11.9 Å². The van der Waals surface area contributed by atoms with Crippen LogP contribution in [0.5, 0.6) is 0 Å². The number of nitro groups is 1. The number of nitro benzene ring substituents is 1. The Morgan fingerprint density at radius 2 is 2.30 bits per heavy atom. The van der Waals surface area contributed by atoms with Crippen LogP contribution >= 0.6 is 23.3 Å². The number of anilines is 1. The minimum absolute atomic E-state index is 0.107. The third kappa shape index (κ3) is 3.67. The van der Waals surface area contributed by atoms with Gasteiger partial charge in [0.15, 0.2) is 4.34 Å². The van der Waals surface area contributed by atoms with E-state index in [4.69, 9.17) is 0 Å². The molecule has 0 saturated heterocycles. The first-order valence-corrected chi connectivity index (χ1v) is 7.80. The molecule has 1 aromatic heterocycles. The van der Waals surface area contributed by atoms with E-state index in [1.54, 1.807) is 12.1 Å². The first kappa shape index (κ1) is 14.7. The second-order valence-corrected chi connectivity index (χ2v) is 6.00. The molecule has 106 valence electrons. The van der Waals surface area contributed by atoms with E-state index < -0.39 is 0 Å². The molecule has 6 nitrogen and oxygen atoms in total. The summed E-state index contributed by atoms with van der Waals surface area (Å²) in [7, 11) is 0.